The number of aryl methyl sites for hydroxylation is 2. The van der Waals surface area contributed by atoms with Crippen LogP contribution in [0.4, 0.5) is 0 Å². The lowest BCUT2D eigenvalue weighted by Crippen LogP contribution is -2.05. The van der Waals surface area contributed by atoms with Gasteiger partial charge in [0, 0.05) is 44.2 Å². The molecule has 0 saturated heterocycles. The van der Waals surface area contributed by atoms with Crippen molar-refractivity contribution >= 4 is 21.8 Å². The molecule has 0 bridgehead atoms. The van der Waals surface area contributed by atoms with E-state index in [4.69, 9.17) is 29.9 Å². The summed E-state index contributed by atoms with van der Waals surface area (Å²) < 4.78 is 2.33. The van der Waals surface area contributed by atoms with E-state index in [9.17, 15) is 0 Å². The standard InChI is InChI=1S/C50H35N7/c1-32-23-26-42-39(29-32)40-30-33(2)24-27-43(40)57(42)44-28-25-38(49-53-45(34-15-7-3-8-16-34)51-46(54-49)35-17-9-4-10-18-35)31-41(44)50-55-47(36-19-11-5-12-20-36)52-48(56-50)37-21-13-6-14-22-37/h3-31H,1-2H3. The van der Waals surface area contributed by atoms with Crippen LogP contribution in [0.25, 0.3) is 95.8 Å². The number of fused-ring (bicyclic) bond motifs is 3. The highest BCUT2D eigenvalue weighted by atomic mass is 15.1. The van der Waals surface area contributed by atoms with Crippen LogP contribution in [0.15, 0.2) is 176 Å². The first kappa shape index (κ1) is 33.9. The minimum Gasteiger partial charge on any atom is -0.309 e. The number of hydrogen-bond acceptors (Lipinski definition) is 6. The topological polar surface area (TPSA) is 82.3 Å². The first-order valence-corrected chi connectivity index (χ1v) is 19.0. The smallest absolute Gasteiger partial charge is 0.166 e. The van der Waals surface area contributed by atoms with Crippen molar-refractivity contribution in [1.82, 2.24) is 34.5 Å². The highest BCUT2D eigenvalue weighted by molar-refractivity contribution is 6.10. The monoisotopic (exact) mass is 733 g/mol. The van der Waals surface area contributed by atoms with Gasteiger partial charge >= 0.3 is 0 Å². The fourth-order valence-corrected chi connectivity index (χ4v) is 7.43. The van der Waals surface area contributed by atoms with Crippen LogP contribution in [0, 0.1) is 13.8 Å². The Balaban J connectivity index is 1.28. The molecule has 0 unspecified atom stereocenters. The Kier molecular flexibility index (Phi) is 8.45. The van der Waals surface area contributed by atoms with Crippen LogP contribution in [0.5, 0.6) is 0 Å². The molecule has 0 spiro atoms. The van der Waals surface area contributed by atoms with Crippen LogP contribution in [-0.4, -0.2) is 34.5 Å². The number of rotatable bonds is 7. The van der Waals surface area contributed by atoms with Crippen molar-refractivity contribution in [2.24, 2.45) is 0 Å². The van der Waals surface area contributed by atoms with Crippen molar-refractivity contribution in [2.75, 3.05) is 0 Å². The molecule has 10 aromatic rings. The van der Waals surface area contributed by atoms with Gasteiger partial charge in [0.05, 0.1) is 16.7 Å². The maximum atomic E-state index is 5.23. The molecule has 270 valence electrons. The second-order valence-corrected chi connectivity index (χ2v) is 14.2. The average molecular weight is 734 g/mol. The normalized spacial score (nSPS) is 11.3. The summed E-state index contributed by atoms with van der Waals surface area (Å²) in [5, 5.41) is 2.37. The van der Waals surface area contributed by atoms with Crippen LogP contribution in [0.3, 0.4) is 0 Å². The van der Waals surface area contributed by atoms with Crippen LogP contribution < -0.4 is 0 Å². The first-order chi connectivity index (χ1) is 28.1. The van der Waals surface area contributed by atoms with E-state index in [1.54, 1.807) is 0 Å². The van der Waals surface area contributed by atoms with E-state index in [0.29, 0.717) is 34.9 Å². The third-order valence-corrected chi connectivity index (χ3v) is 10.2. The summed E-state index contributed by atoms with van der Waals surface area (Å²) in [4.78, 5) is 30.6. The fraction of sp³-hybridized carbons (Fsp3) is 0.0400. The quantitative estimate of drug-likeness (QED) is 0.162. The van der Waals surface area contributed by atoms with Crippen LogP contribution in [-0.2, 0) is 0 Å². The van der Waals surface area contributed by atoms with Gasteiger partial charge < -0.3 is 4.57 Å². The molecule has 0 fully saturated rings. The summed E-state index contributed by atoms with van der Waals surface area (Å²) >= 11 is 0. The molecular formula is C50H35N7. The minimum absolute atomic E-state index is 0.536. The number of hydrogen-bond donors (Lipinski definition) is 0. The lowest BCUT2D eigenvalue weighted by Gasteiger charge is -2.16. The average Bonchev–Trinajstić information content (AvgIpc) is 3.59. The Morgan fingerprint density at radius 2 is 0.667 bits per heavy atom. The Bertz CT molecular complexity index is 2900. The Morgan fingerprint density at radius 1 is 0.316 bits per heavy atom. The highest BCUT2D eigenvalue weighted by Gasteiger charge is 2.22. The minimum atomic E-state index is 0.536. The summed E-state index contributed by atoms with van der Waals surface area (Å²) in [5.74, 6) is 3.44. The van der Waals surface area contributed by atoms with Gasteiger partial charge in [-0.25, -0.2) is 29.9 Å². The molecule has 7 aromatic carbocycles. The predicted octanol–water partition coefficient (Wildman–Crippen LogP) is 11.8. The van der Waals surface area contributed by atoms with E-state index in [0.717, 1.165) is 50.1 Å². The summed E-state index contributed by atoms with van der Waals surface area (Å²) in [6, 6.07) is 59.9. The molecule has 0 N–H and O–H groups in total. The third-order valence-electron chi connectivity index (χ3n) is 10.2. The molecule has 3 heterocycles. The Morgan fingerprint density at radius 3 is 1.05 bits per heavy atom. The molecule has 0 aliphatic heterocycles. The summed E-state index contributed by atoms with van der Waals surface area (Å²) in [7, 11) is 0. The summed E-state index contributed by atoms with van der Waals surface area (Å²) in [6.45, 7) is 4.28. The second-order valence-electron chi connectivity index (χ2n) is 14.2. The van der Waals surface area contributed by atoms with E-state index in [1.165, 1.54) is 21.9 Å². The lowest BCUT2D eigenvalue weighted by atomic mass is 10.1. The van der Waals surface area contributed by atoms with E-state index in [1.807, 2.05) is 121 Å². The second kappa shape index (κ2) is 14.2. The maximum Gasteiger partial charge on any atom is 0.166 e. The molecule has 0 atom stereocenters. The summed E-state index contributed by atoms with van der Waals surface area (Å²) in [5.41, 5.74) is 10.7. The Labute approximate surface area is 330 Å². The van der Waals surface area contributed by atoms with Gasteiger partial charge in [-0.15, -0.1) is 0 Å². The van der Waals surface area contributed by atoms with Crippen LogP contribution >= 0.6 is 0 Å². The van der Waals surface area contributed by atoms with Gasteiger partial charge in [-0.1, -0.05) is 145 Å². The molecule has 0 aliphatic rings. The number of aromatic nitrogens is 7. The van der Waals surface area contributed by atoms with Crippen molar-refractivity contribution in [3.8, 4) is 74.0 Å². The van der Waals surface area contributed by atoms with E-state index >= 15 is 0 Å². The van der Waals surface area contributed by atoms with Crippen LogP contribution in [0.2, 0.25) is 0 Å². The molecule has 0 radical (unpaired) electrons. The predicted molar refractivity (Wildman–Crippen MR) is 230 cm³/mol. The lowest BCUT2D eigenvalue weighted by molar-refractivity contribution is 1.06. The van der Waals surface area contributed by atoms with Crippen molar-refractivity contribution in [3.63, 3.8) is 0 Å². The fourth-order valence-electron chi connectivity index (χ4n) is 7.43. The van der Waals surface area contributed by atoms with Gasteiger partial charge in [0.25, 0.3) is 0 Å². The van der Waals surface area contributed by atoms with Gasteiger partial charge in [0.15, 0.2) is 34.9 Å². The largest absolute Gasteiger partial charge is 0.309 e. The van der Waals surface area contributed by atoms with E-state index in [-0.39, 0.29) is 0 Å². The molecular weight excluding hydrogens is 699 g/mol. The number of nitrogens with zero attached hydrogens (tertiary/aromatic N) is 7. The molecule has 7 nitrogen and oxygen atoms in total. The van der Waals surface area contributed by atoms with Gasteiger partial charge in [0.2, 0.25) is 0 Å². The molecule has 7 heteroatoms. The van der Waals surface area contributed by atoms with Crippen molar-refractivity contribution < 1.29 is 0 Å². The van der Waals surface area contributed by atoms with Crippen molar-refractivity contribution in [2.45, 2.75) is 13.8 Å². The van der Waals surface area contributed by atoms with Gasteiger partial charge in [-0.3, -0.25) is 0 Å². The molecule has 0 saturated carbocycles. The molecule has 0 amide bonds. The summed E-state index contributed by atoms with van der Waals surface area (Å²) in [6.07, 6.45) is 0. The van der Waals surface area contributed by atoms with Gasteiger partial charge in [0.1, 0.15) is 0 Å². The van der Waals surface area contributed by atoms with Crippen LogP contribution in [0.1, 0.15) is 11.1 Å². The number of benzene rings is 7. The zero-order valence-corrected chi connectivity index (χ0v) is 31.4. The van der Waals surface area contributed by atoms with E-state index < -0.39 is 0 Å². The molecule has 0 aliphatic carbocycles. The Hall–Kier alpha value is -7.64. The maximum absolute atomic E-state index is 5.23. The molecule has 57 heavy (non-hydrogen) atoms. The molecule has 10 rings (SSSR count). The van der Waals surface area contributed by atoms with Gasteiger partial charge in [-0.05, 0) is 56.3 Å². The van der Waals surface area contributed by atoms with E-state index in [2.05, 4.69) is 73.0 Å². The van der Waals surface area contributed by atoms with Crippen molar-refractivity contribution in [1.29, 1.82) is 0 Å². The van der Waals surface area contributed by atoms with Crippen molar-refractivity contribution in [3.05, 3.63) is 187 Å². The zero-order valence-electron chi connectivity index (χ0n) is 31.4. The SMILES string of the molecule is Cc1ccc2c(c1)c1cc(C)ccc1n2-c1ccc(-c2nc(-c3ccccc3)nc(-c3ccccc3)n2)cc1-c1nc(-c2ccccc2)nc(-c2ccccc2)n1. The third kappa shape index (κ3) is 6.41. The zero-order chi connectivity index (χ0) is 38.3. The first-order valence-electron chi connectivity index (χ1n) is 19.0. The van der Waals surface area contributed by atoms with Gasteiger partial charge in [-0.2, -0.15) is 0 Å². The molecule has 3 aromatic heterocycles. The highest BCUT2D eigenvalue weighted by Crippen LogP contribution is 2.39.